The molecule has 1 aromatic carbocycles. The molecule has 0 aliphatic rings. The van der Waals surface area contributed by atoms with Gasteiger partial charge in [-0.2, -0.15) is 10.2 Å². The van der Waals surface area contributed by atoms with Crippen molar-refractivity contribution >= 4 is 23.0 Å². The minimum absolute atomic E-state index is 0.295. The number of hydrazone groups is 1. The Hall–Kier alpha value is -2.89. The summed E-state index contributed by atoms with van der Waals surface area (Å²) in [5.74, 6) is -0.0389. The third kappa shape index (κ3) is 2.76. The van der Waals surface area contributed by atoms with Gasteiger partial charge in [-0.15, -0.1) is 0 Å². The second-order valence-corrected chi connectivity index (χ2v) is 5.35. The molecule has 1 amide bonds. The number of fused-ring (bicyclic) bond motifs is 1. The number of amides is 1. The van der Waals surface area contributed by atoms with Crippen molar-refractivity contribution in [3.63, 3.8) is 0 Å². The number of nitrogens with zero attached hydrogens (tertiary/aromatic N) is 2. The maximum Gasteiger partial charge on any atom is 0.291 e. The summed E-state index contributed by atoms with van der Waals surface area (Å²) in [6.45, 7) is 4.06. The molecule has 0 unspecified atom stereocenters. The molecule has 0 saturated heterocycles. The molecule has 2 aromatic heterocycles. The van der Waals surface area contributed by atoms with Crippen molar-refractivity contribution in [1.82, 2.24) is 20.6 Å². The number of carbonyl (C=O) groups is 1. The minimum atomic E-state index is -0.334. The Balaban J connectivity index is 1.70. The van der Waals surface area contributed by atoms with Gasteiger partial charge in [-0.05, 0) is 18.1 Å². The number of nitrogens with one attached hydrogen (secondary N) is 3. The van der Waals surface area contributed by atoms with E-state index < -0.39 is 0 Å². The van der Waals surface area contributed by atoms with E-state index >= 15 is 0 Å². The smallest absolute Gasteiger partial charge is 0.291 e. The number of benzene rings is 1. The average molecular weight is 295 g/mol. The molecule has 22 heavy (non-hydrogen) atoms. The van der Waals surface area contributed by atoms with Crippen LogP contribution in [0.5, 0.6) is 0 Å². The first kappa shape index (κ1) is 14.1. The molecule has 0 aliphatic heterocycles. The highest BCUT2D eigenvalue weighted by Crippen LogP contribution is 2.15. The monoisotopic (exact) mass is 295 g/mol. The topological polar surface area (TPSA) is 85.9 Å². The Morgan fingerprint density at radius 1 is 1.36 bits per heavy atom. The van der Waals surface area contributed by atoms with Gasteiger partial charge in [0, 0.05) is 28.4 Å². The standard InChI is InChI=1S/C16H17N5O/c1-10(2)14-7-15(20-19-14)16(22)21-18-9-11-8-17-13-6-4-3-5-12(11)13/h3-10,17H,1-2H3,(H,19,20)(H,21,22). The first-order chi connectivity index (χ1) is 10.6. The number of para-hydroxylation sites is 1. The van der Waals surface area contributed by atoms with Gasteiger partial charge in [-0.3, -0.25) is 9.89 Å². The van der Waals surface area contributed by atoms with Gasteiger partial charge in [0.2, 0.25) is 0 Å². The van der Waals surface area contributed by atoms with Crippen molar-refractivity contribution in [2.75, 3.05) is 0 Å². The highest BCUT2D eigenvalue weighted by Gasteiger charge is 2.11. The highest BCUT2D eigenvalue weighted by molar-refractivity contribution is 5.99. The summed E-state index contributed by atoms with van der Waals surface area (Å²) in [4.78, 5) is 15.1. The van der Waals surface area contributed by atoms with E-state index in [1.54, 1.807) is 12.3 Å². The summed E-state index contributed by atoms with van der Waals surface area (Å²) in [6.07, 6.45) is 3.47. The van der Waals surface area contributed by atoms with Crippen molar-refractivity contribution in [3.8, 4) is 0 Å². The van der Waals surface area contributed by atoms with Crippen LogP contribution in [0.4, 0.5) is 0 Å². The lowest BCUT2D eigenvalue weighted by Crippen LogP contribution is -2.17. The number of rotatable bonds is 4. The summed E-state index contributed by atoms with van der Waals surface area (Å²) in [5.41, 5.74) is 5.69. The van der Waals surface area contributed by atoms with Gasteiger partial charge in [0.25, 0.3) is 5.91 Å². The molecule has 3 rings (SSSR count). The van der Waals surface area contributed by atoms with Crippen LogP contribution in [0.2, 0.25) is 0 Å². The second-order valence-electron chi connectivity index (χ2n) is 5.35. The molecule has 6 heteroatoms. The fourth-order valence-electron chi connectivity index (χ4n) is 2.17. The lowest BCUT2D eigenvalue weighted by atomic mass is 10.1. The molecule has 0 fully saturated rings. The minimum Gasteiger partial charge on any atom is -0.361 e. The molecule has 3 aromatic rings. The molecule has 0 atom stereocenters. The number of aromatic amines is 2. The Kier molecular flexibility index (Phi) is 3.74. The number of hydrogen-bond donors (Lipinski definition) is 3. The zero-order valence-electron chi connectivity index (χ0n) is 12.4. The Bertz CT molecular complexity index is 828. The molecule has 0 aliphatic carbocycles. The molecule has 0 bridgehead atoms. The Morgan fingerprint density at radius 3 is 2.95 bits per heavy atom. The SMILES string of the molecule is CC(C)c1cc(C(=O)NN=Cc2c[nH]c3ccccc23)n[nH]1. The zero-order chi connectivity index (χ0) is 15.5. The molecule has 3 N–H and O–H groups in total. The van der Waals surface area contributed by atoms with Gasteiger partial charge in [0.1, 0.15) is 0 Å². The van der Waals surface area contributed by atoms with Crippen LogP contribution < -0.4 is 5.43 Å². The highest BCUT2D eigenvalue weighted by atomic mass is 16.2. The van der Waals surface area contributed by atoms with Crippen LogP contribution in [0.3, 0.4) is 0 Å². The summed E-state index contributed by atoms with van der Waals surface area (Å²) >= 11 is 0. The maximum atomic E-state index is 12.0. The molecule has 2 heterocycles. The summed E-state index contributed by atoms with van der Waals surface area (Å²) in [7, 11) is 0. The van der Waals surface area contributed by atoms with E-state index in [0.717, 1.165) is 22.2 Å². The number of hydrogen-bond acceptors (Lipinski definition) is 3. The molecule has 0 radical (unpaired) electrons. The predicted molar refractivity (Wildman–Crippen MR) is 86.0 cm³/mol. The van der Waals surface area contributed by atoms with Crippen molar-refractivity contribution in [1.29, 1.82) is 0 Å². The second kappa shape index (κ2) is 5.85. The third-order valence-corrected chi connectivity index (χ3v) is 3.44. The average Bonchev–Trinajstić information content (AvgIpc) is 3.14. The predicted octanol–water partition coefficient (Wildman–Crippen LogP) is 2.78. The van der Waals surface area contributed by atoms with E-state index in [1.165, 1.54) is 0 Å². The van der Waals surface area contributed by atoms with Crippen molar-refractivity contribution in [3.05, 3.63) is 53.5 Å². The number of H-pyrrole nitrogens is 2. The van der Waals surface area contributed by atoms with Crippen LogP contribution in [-0.2, 0) is 0 Å². The van der Waals surface area contributed by atoms with Crippen molar-refractivity contribution in [2.24, 2.45) is 5.10 Å². The largest absolute Gasteiger partial charge is 0.361 e. The summed E-state index contributed by atoms with van der Waals surface area (Å²) in [5, 5.41) is 11.9. The van der Waals surface area contributed by atoms with Crippen LogP contribution in [0.1, 0.15) is 41.5 Å². The van der Waals surface area contributed by atoms with Crippen LogP contribution >= 0.6 is 0 Å². The number of carbonyl (C=O) groups excluding carboxylic acids is 1. The quantitative estimate of drug-likeness (QED) is 0.510. The molecular formula is C16H17N5O. The van der Waals surface area contributed by atoms with Crippen LogP contribution in [-0.4, -0.2) is 27.3 Å². The van der Waals surface area contributed by atoms with Gasteiger partial charge in [-0.1, -0.05) is 32.0 Å². The van der Waals surface area contributed by atoms with Gasteiger partial charge in [0.15, 0.2) is 5.69 Å². The van der Waals surface area contributed by atoms with E-state index in [1.807, 2.05) is 44.3 Å². The van der Waals surface area contributed by atoms with Crippen LogP contribution in [0.15, 0.2) is 41.6 Å². The molecular weight excluding hydrogens is 278 g/mol. The molecule has 112 valence electrons. The normalized spacial score (nSPS) is 11.6. The fraction of sp³-hybridized carbons (Fsp3) is 0.188. The molecule has 0 spiro atoms. The van der Waals surface area contributed by atoms with Gasteiger partial charge in [-0.25, -0.2) is 5.43 Å². The van der Waals surface area contributed by atoms with Crippen molar-refractivity contribution in [2.45, 2.75) is 19.8 Å². The van der Waals surface area contributed by atoms with E-state index in [0.29, 0.717) is 11.6 Å². The van der Waals surface area contributed by atoms with E-state index in [4.69, 9.17) is 0 Å². The maximum absolute atomic E-state index is 12.0. The molecule has 0 saturated carbocycles. The van der Waals surface area contributed by atoms with Gasteiger partial charge >= 0.3 is 0 Å². The van der Waals surface area contributed by atoms with Crippen LogP contribution in [0, 0.1) is 0 Å². The lowest BCUT2D eigenvalue weighted by molar-refractivity contribution is 0.0950. The van der Waals surface area contributed by atoms with Gasteiger partial charge < -0.3 is 4.98 Å². The van der Waals surface area contributed by atoms with Gasteiger partial charge in [0.05, 0.1) is 6.21 Å². The fourth-order valence-corrected chi connectivity index (χ4v) is 2.17. The van der Waals surface area contributed by atoms with Crippen molar-refractivity contribution < 1.29 is 4.79 Å². The lowest BCUT2D eigenvalue weighted by Gasteiger charge is -1.96. The van der Waals surface area contributed by atoms with E-state index in [2.05, 4.69) is 25.7 Å². The Morgan fingerprint density at radius 2 is 2.18 bits per heavy atom. The first-order valence-electron chi connectivity index (χ1n) is 7.10. The first-order valence-corrected chi connectivity index (χ1v) is 7.10. The summed E-state index contributed by atoms with van der Waals surface area (Å²) in [6, 6.07) is 9.65. The molecule has 6 nitrogen and oxygen atoms in total. The summed E-state index contributed by atoms with van der Waals surface area (Å²) < 4.78 is 0. The number of aromatic nitrogens is 3. The Labute approximate surface area is 127 Å². The van der Waals surface area contributed by atoms with E-state index in [9.17, 15) is 4.79 Å². The van der Waals surface area contributed by atoms with E-state index in [-0.39, 0.29) is 5.91 Å². The third-order valence-electron chi connectivity index (χ3n) is 3.44. The van der Waals surface area contributed by atoms with Crippen LogP contribution in [0.25, 0.3) is 10.9 Å². The zero-order valence-corrected chi connectivity index (χ0v) is 12.4.